The van der Waals surface area contributed by atoms with Crippen LogP contribution in [0.25, 0.3) is 0 Å². The lowest BCUT2D eigenvalue weighted by atomic mass is 9.85. The highest BCUT2D eigenvalue weighted by atomic mass is 16.5. The van der Waals surface area contributed by atoms with Crippen molar-refractivity contribution >= 4 is 0 Å². The van der Waals surface area contributed by atoms with Crippen LogP contribution in [0.3, 0.4) is 0 Å². The fraction of sp³-hybridized carbons (Fsp3) is 0.818. The predicted octanol–water partition coefficient (Wildman–Crippen LogP) is 1.97. The van der Waals surface area contributed by atoms with Crippen LogP contribution in [-0.2, 0) is 4.74 Å². The van der Waals surface area contributed by atoms with E-state index in [1.807, 2.05) is 0 Å². The molecule has 0 atom stereocenters. The monoisotopic (exact) mass is 183 g/mol. The zero-order chi connectivity index (χ0) is 9.36. The number of allylic oxidation sites excluding steroid dienone is 1. The van der Waals surface area contributed by atoms with E-state index in [1.54, 1.807) is 7.11 Å². The molecule has 1 saturated carbocycles. The van der Waals surface area contributed by atoms with Gasteiger partial charge >= 0.3 is 0 Å². The summed E-state index contributed by atoms with van der Waals surface area (Å²) >= 11 is 0. The van der Waals surface area contributed by atoms with Gasteiger partial charge in [-0.3, -0.25) is 0 Å². The average molecular weight is 183 g/mol. The molecule has 0 unspecified atom stereocenters. The van der Waals surface area contributed by atoms with Gasteiger partial charge in [-0.2, -0.15) is 0 Å². The standard InChI is InChI=1S/C11H21NO/c1-13-10-9-12-8-3-2-5-11-6-4-7-11/h2,5,11-12H,3-4,6-10H2,1H3/b5-2+. The zero-order valence-corrected chi connectivity index (χ0v) is 8.59. The van der Waals surface area contributed by atoms with Gasteiger partial charge in [-0.05, 0) is 31.7 Å². The van der Waals surface area contributed by atoms with Gasteiger partial charge in [-0.25, -0.2) is 0 Å². The molecule has 0 bridgehead atoms. The molecule has 0 radical (unpaired) electrons. The molecule has 76 valence electrons. The molecule has 1 fully saturated rings. The molecule has 0 saturated heterocycles. The van der Waals surface area contributed by atoms with Gasteiger partial charge in [0.2, 0.25) is 0 Å². The van der Waals surface area contributed by atoms with Crippen molar-refractivity contribution < 1.29 is 4.74 Å². The minimum absolute atomic E-state index is 0.812. The third kappa shape index (κ3) is 5.06. The van der Waals surface area contributed by atoms with Gasteiger partial charge in [0, 0.05) is 13.7 Å². The molecule has 0 heterocycles. The van der Waals surface area contributed by atoms with Gasteiger partial charge in [-0.15, -0.1) is 0 Å². The van der Waals surface area contributed by atoms with Gasteiger partial charge < -0.3 is 10.1 Å². The topological polar surface area (TPSA) is 21.3 Å². The quantitative estimate of drug-likeness (QED) is 0.481. The lowest BCUT2D eigenvalue weighted by Crippen LogP contribution is -2.19. The lowest BCUT2D eigenvalue weighted by molar-refractivity contribution is 0.199. The number of rotatable bonds is 7. The van der Waals surface area contributed by atoms with Crippen LogP contribution in [0, 0.1) is 5.92 Å². The Bertz CT molecular complexity index is 141. The molecule has 13 heavy (non-hydrogen) atoms. The Hall–Kier alpha value is -0.340. The van der Waals surface area contributed by atoms with Crippen LogP contribution in [0.1, 0.15) is 25.7 Å². The number of methoxy groups -OCH3 is 1. The molecule has 0 aromatic heterocycles. The van der Waals surface area contributed by atoms with Crippen molar-refractivity contribution in [1.29, 1.82) is 0 Å². The number of ether oxygens (including phenoxy) is 1. The summed E-state index contributed by atoms with van der Waals surface area (Å²) in [5, 5.41) is 3.32. The van der Waals surface area contributed by atoms with E-state index in [4.69, 9.17) is 4.74 Å². The summed E-state index contributed by atoms with van der Waals surface area (Å²) in [5.74, 6) is 0.902. The molecule has 0 aromatic carbocycles. The molecule has 2 heteroatoms. The predicted molar refractivity (Wildman–Crippen MR) is 55.8 cm³/mol. The van der Waals surface area contributed by atoms with Crippen LogP contribution < -0.4 is 5.32 Å². The first kappa shape index (κ1) is 10.7. The molecule has 1 aliphatic carbocycles. The maximum absolute atomic E-state index is 4.93. The highest BCUT2D eigenvalue weighted by Gasteiger charge is 2.12. The lowest BCUT2D eigenvalue weighted by Gasteiger charge is -2.21. The number of hydrogen-bond acceptors (Lipinski definition) is 2. The first-order chi connectivity index (χ1) is 6.43. The van der Waals surface area contributed by atoms with Gasteiger partial charge in [-0.1, -0.05) is 18.6 Å². The van der Waals surface area contributed by atoms with Gasteiger partial charge in [0.05, 0.1) is 6.61 Å². The normalized spacial score (nSPS) is 17.9. The summed E-state index contributed by atoms with van der Waals surface area (Å²) in [6, 6.07) is 0. The van der Waals surface area contributed by atoms with E-state index >= 15 is 0 Å². The summed E-state index contributed by atoms with van der Waals surface area (Å²) in [6.45, 7) is 2.85. The van der Waals surface area contributed by atoms with E-state index in [1.165, 1.54) is 19.3 Å². The molecule has 0 spiro atoms. The summed E-state index contributed by atoms with van der Waals surface area (Å²) in [4.78, 5) is 0. The van der Waals surface area contributed by atoms with Crippen LogP contribution in [0.15, 0.2) is 12.2 Å². The molecular formula is C11H21NO. The molecule has 2 nitrogen and oxygen atoms in total. The molecule has 1 N–H and O–H groups in total. The second-order valence-electron chi connectivity index (χ2n) is 3.65. The van der Waals surface area contributed by atoms with Crippen molar-refractivity contribution in [3.8, 4) is 0 Å². The third-order valence-electron chi connectivity index (χ3n) is 2.53. The zero-order valence-electron chi connectivity index (χ0n) is 8.59. The molecule has 0 aliphatic heterocycles. The van der Waals surface area contributed by atoms with E-state index in [0.717, 1.165) is 32.0 Å². The molecule has 1 rings (SSSR count). The fourth-order valence-electron chi connectivity index (χ4n) is 1.41. The first-order valence-electron chi connectivity index (χ1n) is 5.30. The van der Waals surface area contributed by atoms with Gasteiger partial charge in [0.25, 0.3) is 0 Å². The first-order valence-corrected chi connectivity index (χ1v) is 5.30. The van der Waals surface area contributed by atoms with Crippen molar-refractivity contribution in [2.24, 2.45) is 5.92 Å². The molecular weight excluding hydrogens is 162 g/mol. The largest absolute Gasteiger partial charge is 0.383 e. The highest BCUT2D eigenvalue weighted by Crippen LogP contribution is 2.27. The van der Waals surface area contributed by atoms with Crippen LogP contribution in [0.2, 0.25) is 0 Å². The third-order valence-corrected chi connectivity index (χ3v) is 2.53. The van der Waals surface area contributed by atoms with Gasteiger partial charge in [0.1, 0.15) is 0 Å². The number of nitrogens with one attached hydrogen (secondary N) is 1. The Morgan fingerprint density at radius 1 is 1.38 bits per heavy atom. The Morgan fingerprint density at radius 3 is 2.85 bits per heavy atom. The smallest absolute Gasteiger partial charge is 0.0587 e. The molecule has 0 amide bonds. The summed E-state index contributed by atoms with van der Waals surface area (Å²) in [7, 11) is 1.73. The van der Waals surface area contributed by atoms with Crippen molar-refractivity contribution in [3.63, 3.8) is 0 Å². The highest BCUT2D eigenvalue weighted by molar-refractivity contribution is 4.92. The van der Waals surface area contributed by atoms with Crippen LogP contribution in [0.4, 0.5) is 0 Å². The van der Waals surface area contributed by atoms with E-state index in [2.05, 4.69) is 17.5 Å². The van der Waals surface area contributed by atoms with E-state index in [-0.39, 0.29) is 0 Å². The van der Waals surface area contributed by atoms with E-state index in [9.17, 15) is 0 Å². The Kier molecular flexibility index (Phi) is 5.87. The summed E-state index contributed by atoms with van der Waals surface area (Å²) in [5.41, 5.74) is 0. The van der Waals surface area contributed by atoms with Crippen molar-refractivity contribution in [3.05, 3.63) is 12.2 Å². The molecule has 0 aromatic rings. The van der Waals surface area contributed by atoms with Crippen molar-refractivity contribution in [2.45, 2.75) is 25.7 Å². The Labute approximate surface area is 81.4 Å². The van der Waals surface area contributed by atoms with Crippen LogP contribution in [0.5, 0.6) is 0 Å². The minimum atomic E-state index is 0.812. The van der Waals surface area contributed by atoms with Crippen LogP contribution >= 0.6 is 0 Å². The van der Waals surface area contributed by atoms with Crippen molar-refractivity contribution in [2.75, 3.05) is 26.8 Å². The van der Waals surface area contributed by atoms with Gasteiger partial charge in [0.15, 0.2) is 0 Å². The Morgan fingerprint density at radius 2 is 2.23 bits per heavy atom. The number of hydrogen-bond donors (Lipinski definition) is 1. The second-order valence-corrected chi connectivity index (χ2v) is 3.65. The minimum Gasteiger partial charge on any atom is -0.383 e. The average Bonchev–Trinajstić information content (AvgIpc) is 2.07. The summed E-state index contributed by atoms with van der Waals surface area (Å²) in [6.07, 6.45) is 10.1. The SMILES string of the molecule is COCCNCC/C=C/C1CCC1. The molecule has 1 aliphatic rings. The van der Waals surface area contributed by atoms with Crippen LogP contribution in [-0.4, -0.2) is 26.8 Å². The Balaban J connectivity index is 1.80. The maximum Gasteiger partial charge on any atom is 0.0587 e. The van der Waals surface area contributed by atoms with E-state index in [0.29, 0.717) is 0 Å². The van der Waals surface area contributed by atoms with Crippen molar-refractivity contribution in [1.82, 2.24) is 5.32 Å². The summed E-state index contributed by atoms with van der Waals surface area (Å²) < 4.78 is 4.93. The second kappa shape index (κ2) is 7.10. The maximum atomic E-state index is 4.93. The fourth-order valence-corrected chi connectivity index (χ4v) is 1.41. The van der Waals surface area contributed by atoms with E-state index < -0.39 is 0 Å².